The molecule has 3 heterocycles. The number of carbonyl (C=O) groups is 1. The molecule has 3 N–H and O–H groups in total. The molecule has 0 aliphatic carbocycles. The van der Waals surface area contributed by atoms with Gasteiger partial charge in [0.15, 0.2) is 11.5 Å². The second-order valence-electron chi connectivity index (χ2n) is 6.19. The van der Waals surface area contributed by atoms with Gasteiger partial charge in [0.2, 0.25) is 0 Å². The van der Waals surface area contributed by atoms with Gasteiger partial charge in [0, 0.05) is 17.4 Å². The van der Waals surface area contributed by atoms with Crippen molar-refractivity contribution in [2.45, 2.75) is 25.3 Å². The Labute approximate surface area is 143 Å². The lowest BCUT2D eigenvalue weighted by atomic mass is 9.95. The van der Waals surface area contributed by atoms with Gasteiger partial charge in [0.05, 0.1) is 17.8 Å². The van der Waals surface area contributed by atoms with Crippen LogP contribution >= 0.6 is 0 Å². The van der Waals surface area contributed by atoms with Gasteiger partial charge in [-0.1, -0.05) is 5.16 Å². The van der Waals surface area contributed by atoms with E-state index in [0.717, 1.165) is 31.6 Å². The van der Waals surface area contributed by atoms with E-state index in [4.69, 9.17) is 4.52 Å². The summed E-state index contributed by atoms with van der Waals surface area (Å²) in [4.78, 5) is 12.3. The van der Waals surface area contributed by atoms with Gasteiger partial charge in [-0.25, -0.2) is 4.39 Å². The van der Waals surface area contributed by atoms with Gasteiger partial charge >= 0.3 is 0 Å². The maximum atomic E-state index is 13.4. The fourth-order valence-electron chi connectivity index (χ4n) is 3.13. The number of carbonyl (C=O) groups excluding carboxylic acids is 1. The van der Waals surface area contributed by atoms with Gasteiger partial charge in [-0.2, -0.15) is 5.10 Å². The van der Waals surface area contributed by atoms with Crippen LogP contribution in [0.4, 0.5) is 4.39 Å². The molecule has 1 aliphatic heterocycles. The normalized spacial score (nSPS) is 15.6. The molecule has 1 amide bonds. The monoisotopic (exact) mass is 343 g/mol. The number of hydrogen-bond donors (Lipinski definition) is 3. The lowest BCUT2D eigenvalue weighted by Crippen LogP contribution is -2.26. The van der Waals surface area contributed by atoms with E-state index in [0.29, 0.717) is 22.6 Å². The van der Waals surface area contributed by atoms with E-state index in [2.05, 4.69) is 26.0 Å². The van der Waals surface area contributed by atoms with Gasteiger partial charge in [0.1, 0.15) is 5.82 Å². The maximum absolute atomic E-state index is 13.4. The number of nitrogens with zero attached hydrogens (tertiary/aromatic N) is 2. The third-order valence-electron chi connectivity index (χ3n) is 4.50. The Hall–Kier alpha value is -2.74. The van der Waals surface area contributed by atoms with Crippen molar-refractivity contribution in [2.75, 3.05) is 13.1 Å². The number of nitrogens with one attached hydrogen (secondary N) is 3. The van der Waals surface area contributed by atoms with Crippen LogP contribution in [-0.4, -0.2) is 34.4 Å². The highest BCUT2D eigenvalue weighted by Gasteiger charge is 2.20. The third kappa shape index (κ3) is 3.25. The van der Waals surface area contributed by atoms with Crippen LogP contribution in [0, 0.1) is 5.82 Å². The zero-order chi connectivity index (χ0) is 17.2. The summed E-state index contributed by atoms with van der Waals surface area (Å²) in [6, 6.07) is 6.05. The van der Waals surface area contributed by atoms with Gasteiger partial charge < -0.3 is 15.2 Å². The molecule has 0 spiro atoms. The van der Waals surface area contributed by atoms with E-state index in [-0.39, 0.29) is 12.2 Å². The summed E-state index contributed by atoms with van der Waals surface area (Å²) < 4.78 is 18.7. The van der Waals surface area contributed by atoms with Crippen LogP contribution in [0.1, 0.15) is 40.7 Å². The minimum Gasteiger partial charge on any atom is -0.359 e. The predicted octanol–water partition coefficient (Wildman–Crippen LogP) is 2.09. The fourth-order valence-corrected chi connectivity index (χ4v) is 3.13. The summed E-state index contributed by atoms with van der Waals surface area (Å²) in [5.41, 5.74) is 1.70. The summed E-state index contributed by atoms with van der Waals surface area (Å²) in [6.07, 6.45) is 2.06. The highest BCUT2D eigenvalue weighted by atomic mass is 19.1. The van der Waals surface area contributed by atoms with Crippen LogP contribution < -0.4 is 10.6 Å². The smallest absolute Gasteiger partial charge is 0.272 e. The number of benzene rings is 1. The molecule has 4 rings (SSSR count). The summed E-state index contributed by atoms with van der Waals surface area (Å²) in [6.45, 7) is 2.17. The van der Waals surface area contributed by atoms with Crippen molar-refractivity contribution in [3.05, 3.63) is 47.2 Å². The largest absolute Gasteiger partial charge is 0.359 e. The molecular formula is C17H18FN5O2. The van der Waals surface area contributed by atoms with Gasteiger partial charge in [-0.05, 0) is 44.1 Å². The third-order valence-corrected chi connectivity index (χ3v) is 4.50. The van der Waals surface area contributed by atoms with E-state index in [1.54, 1.807) is 6.07 Å². The summed E-state index contributed by atoms with van der Waals surface area (Å²) >= 11 is 0. The molecule has 1 fully saturated rings. The standard InChI is InChI=1S/C17H18FN5O2/c18-11-1-2-14-13(7-11)16(22-21-14)17(24)20-9-12-8-15(23-25-12)10-3-5-19-6-4-10/h1-2,7-8,10,19H,3-6,9H2,(H,20,24)(H,21,22). The van der Waals surface area contributed by atoms with Crippen molar-refractivity contribution in [1.29, 1.82) is 0 Å². The second-order valence-corrected chi connectivity index (χ2v) is 6.19. The van der Waals surface area contributed by atoms with Gasteiger partial charge in [0.25, 0.3) is 5.91 Å². The number of aromatic amines is 1. The quantitative estimate of drug-likeness (QED) is 0.674. The molecule has 1 saturated heterocycles. The molecule has 0 unspecified atom stereocenters. The van der Waals surface area contributed by atoms with E-state index in [1.807, 2.05) is 6.07 Å². The average Bonchev–Trinajstić information content (AvgIpc) is 3.27. The molecule has 0 atom stereocenters. The molecule has 25 heavy (non-hydrogen) atoms. The van der Waals surface area contributed by atoms with Crippen molar-refractivity contribution < 1.29 is 13.7 Å². The maximum Gasteiger partial charge on any atom is 0.272 e. The number of aromatic nitrogens is 3. The highest BCUT2D eigenvalue weighted by molar-refractivity contribution is 6.04. The number of H-pyrrole nitrogens is 1. The lowest BCUT2D eigenvalue weighted by Gasteiger charge is -2.19. The topological polar surface area (TPSA) is 95.8 Å². The molecule has 7 nitrogen and oxygen atoms in total. The predicted molar refractivity (Wildman–Crippen MR) is 88.6 cm³/mol. The van der Waals surface area contributed by atoms with Crippen LogP contribution in [0.25, 0.3) is 10.9 Å². The highest BCUT2D eigenvalue weighted by Crippen LogP contribution is 2.24. The minimum atomic E-state index is -0.412. The van der Waals surface area contributed by atoms with Crippen LogP contribution in [0.15, 0.2) is 28.8 Å². The second kappa shape index (κ2) is 6.64. The molecule has 0 radical (unpaired) electrons. The summed E-state index contributed by atoms with van der Waals surface area (Å²) in [5.74, 6) is 0.182. The van der Waals surface area contributed by atoms with Crippen molar-refractivity contribution in [1.82, 2.24) is 26.0 Å². The Morgan fingerprint density at radius 1 is 1.32 bits per heavy atom. The number of fused-ring (bicyclic) bond motifs is 1. The molecule has 0 bridgehead atoms. The SMILES string of the molecule is O=C(NCc1cc(C2CCNCC2)no1)c1n[nH]c2ccc(F)cc12. The Bertz CT molecular complexity index is 897. The zero-order valence-corrected chi connectivity index (χ0v) is 13.5. The molecule has 1 aromatic carbocycles. The first kappa shape index (κ1) is 15.8. The Morgan fingerprint density at radius 3 is 3.00 bits per heavy atom. The molecule has 130 valence electrons. The van der Waals surface area contributed by atoms with E-state index >= 15 is 0 Å². The van der Waals surface area contributed by atoms with Crippen molar-refractivity contribution in [3.8, 4) is 0 Å². The van der Waals surface area contributed by atoms with Crippen molar-refractivity contribution >= 4 is 16.8 Å². The van der Waals surface area contributed by atoms with Gasteiger partial charge in [-0.3, -0.25) is 9.89 Å². The molecule has 1 aliphatic rings. The summed E-state index contributed by atoms with van der Waals surface area (Å²) in [5, 5.41) is 17.3. The van der Waals surface area contributed by atoms with Crippen LogP contribution in [0.3, 0.4) is 0 Å². The van der Waals surface area contributed by atoms with E-state index in [9.17, 15) is 9.18 Å². The summed E-state index contributed by atoms with van der Waals surface area (Å²) in [7, 11) is 0. The van der Waals surface area contributed by atoms with Crippen molar-refractivity contribution in [2.24, 2.45) is 0 Å². The average molecular weight is 343 g/mol. The Morgan fingerprint density at radius 2 is 2.16 bits per heavy atom. The van der Waals surface area contributed by atoms with E-state index in [1.165, 1.54) is 12.1 Å². The van der Waals surface area contributed by atoms with Crippen LogP contribution in [-0.2, 0) is 6.54 Å². The number of amides is 1. The molecule has 2 aromatic heterocycles. The number of halogens is 1. The zero-order valence-electron chi connectivity index (χ0n) is 13.5. The van der Waals surface area contributed by atoms with Crippen molar-refractivity contribution in [3.63, 3.8) is 0 Å². The fraction of sp³-hybridized carbons (Fsp3) is 0.353. The lowest BCUT2D eigenvalue weighted by molar-refractivity contribution is 0.0943. The van der Waals surface area contributed by atoms with E-state index < -0.39 is 11.7 Å². The molecular weight excluding hydrogens is 325 g/mol. The molecule has 3 aromatic rings. The minimum absolute atomic E-state index is 0.160. The molecule has 8 heteroatoms. The Balaban J connectivity index is 1.43. The first-order valence-corrected chi connectivity index (χ1v) is 8.29. The number of rotatable bonds is 4. The number of hydrogen-bond acceptors (Lipinski definition) is 5. The first-order chi connectivity index (χ1) is 12.2. The Kier molecular flexibility index (Phi) is 4.19. The van der Waals surface area contributed by atoms with Crippen LogP contribution in [0.5, 0.6) is 0 Å². The van der Waals surface area contributed by atoms with Crippen LogP contribution in [0.2, 0.25) is 0 Å². The first-order valence-electron chi connectivity index (χ1n) is 8.29. The molecule has 0 saturated carbocycles. The number of piperidine rings is 1. The van der Waals surface area contributed by atoms with Gasteiger partial charge in [-0.15, -0.1) is 0 Å².